The molecule has 0 spiro atoms. The van der Waals surface area contributed by atoms with Gasteiger partial charge in [-0.15, -0.1) is 0 Å². The Morgan fingerprint density at radius 3 is 2.29 bits per heavy atom. The normalized spacial score (nSPS) is 29.0. The lowest BCUT2D eigenvalue weighted by Gasteiger charge is -2.49. The van der Waals surface area contributed by atoms with Crippen LogP contribution in [0.4, 0.5) is 15.8 Å². The first-order chi connectivity index (χ1) is 21.5. The van der Waals surface area contributed by atoms with Crippen molar-refractivity contribution < 1.29 is 33.4 Å². The highest BCUT2D eigenvalue weighted by atomic mass is 35.5. The quantitative estimate of drug-likeness (QED) is 0.264. The maximum absolute atomic E-state index is 14.5. The van der Waals surface area contributed by atoms with Gasteiger partial charge in [0, 0.05) is 10.9 Å². The molecular weight excluding hydrogens is 622 g/mol. The molecule has 2 aliphatic carbocycles. The number of halogens is 3. The van der Waals surface area contributed by atoms with Crippen molar-refractivity contribution in [2.24, 2.45) is 29.1 Å². The zero-order valence-electron chi connectivity index (χ0n) is 24.2. The number of nitrogens with zero attached hydrogens (tertiary/aromatic N) is 2. The molecule has 8 nitrogen and oxygen atoms in total. The molecule has 7 rings (SSSR count). The molecule has 4 aliphatic rings. The molecule has 1 saturated carbocycles. The third kappa shape index (κ3) is 4.17. The third-order valence-electron chi connectivity index (χ3n) is 10.1. The van der Waals surface area contributed by atoms with Gasteiger partial charge in [-0.1, -0.05) is 40.9 Å². The summed E-state index contributed by atoms with van der Waals surface area (Å²) in [6.45, 7) is 1.73. The van der Waals surface area contributed by atoms with Gasteiger partial charge in [0.25, 0.3) is 0 Å². The largest absolute Gasteiger partial charge is 0.504 e. The molecule has 2 heterocycles. The van der Waals surface area contributed by atoms with Crippen LogP contribution in [0.25, 0.3) is 0 Å². The predicted octanol–water partition coefficient (Wildman–Crippen LogP) is 6.28. The first kappa shape index (κ1) is 29.5. The van der Waals surface area contributed by atoms with E-state index in [1.807, 2.05) is 6.08 Å². The number of allylic oxidation sites excluding steroid dienone is 2. The number of rotatable bonds is 4. The van der Waals surface area contributed by atoms with Gasteiger partial charge < -0.3 is 9.84 Å². The number of benzene rings is 3. The number of imide groups is 2. The zero-order chi connectivity index (χ0) is 31.9. The van der Waals surface area contributed by atoms with Gasteiger partial charge >= 0.3 is 0 Å². The van der Waals surface area contributed by atoms with E-state index < -0.39 is 52.6 Å². The van der Waals surface area contributed by atoms with Gasteiger partial charge in [-0.3, -0.25) is 24.1 Å². The average molecular weight is 650 g/mol. The number of carbonyl (C=O) groups is 4. The van der Waals surface area contributed by atoms with E-state index >= 15 is 0 Å². The molecule has 3 aromatic carbocycles. The van der Waals surface area contributed by atoms with Crippen molar-refractivity contribution in [2.75, 3.05) is 16.9 Å². The fraction of sp³-hybridized carbons (Fsp3) is 0.294. The third-order valence-corrected chi connectivity index (χ3v) is 10.6. The smallest absolute Gasteiger partial charge is 0.241 e. The minimum absolute atomic E-state index is 0.0976. The Kier molecular flexibility index (Phi) is 6.83. The molecule has 6 atom stereocenters. The highest BCUT2D eigenvalue weighted by Crippen LogP contribution is 2.64. The van der Waals surface area contributed by atoms with Gasteiger partial charge in [-0.2, -0.15) is 0 Å². The van der Waals surface area contributed by atoms with Crippen LogP contribution in [0.3, 0.4) is 0 Å². The fourth-order valence-electron chi connectivity index (χ4n) is 7.98. The summed E-state index contributed by atoms with van der Waals surface area (Å²) in [5.74, 6) is -5.79. The molecule has 2 saturated heterocycles. The van der Waals surface area contributed by atoms with Crippen LogP contribution in [0, 0.1) is 34.9 Å². The van der Waals surface area contributed by atoms with E-state index in [1.165, 1.54) is 30.2 Å². The summed E-state index contributed by atoms with van der Waals surface area (Å²) < 4.78 is 19.5. The number of phenolic OH excluding ortho intramolecular Hbond substituents is 1. The van der Waals surface area contributed by atoms with E-state index in [9.17, 15) is 28.7 Å². The molecule has 3 aromatic rings. The number of fused-ring (bicyclic) bond motifs is 4. The highest BCUT2D eigenvalue weighted by Gasteiger charge is 2.67. The van der Waals surface area contributed by atoms with Crippen molar-refractivity contribution in [2.45, 2.75) is 25.7 Å². The van der Waals surface area contributed by atoms with E-state index in [-0.39, 0.29) is 46.9 Å². The summed E-state index contributed by atoms with van der Waals surface area (Å²) in [5, 5.41) is 10.6. The van der Waals surface area contributed by atoms with Crippen LogP contribution in [-0.4, -0.2) is 35.8 Å². The van der Waals surface area contributed by atoms with E-state index in [0.29, 0.717) is 16.3 Å². The number of hydrogen-bond donors (Lipinski definition) is 1. The molecule has 3 fully saturated rings. The fourth-order valence-corrected chi connectivity index (χ4v) is 8.28. The minimum atomic E-state index is -1.32. The molecule has 4 amide bonds. The number of carbonyl (C=O) groups excluding carboxylic acids is 4. The molecule has 2 aliphatic heterocycles. The standard InChI is InChI=1S/C34H27Cl2FN2O6/c1-34-23(31(42)39(33(34)44)19-8-11-25(37)24(36)14-19)15-22-20(29(34)16-3-12-26(40)27(13-16)45-2)9-10-21-28(22)32(43)38(30(21)41)18-6-4-17(35)5-7-18/h3-9,11-14,21-23,28-29,40H,10,15H2,1-2H3. The first-order valence-electron chi connectivity index (χ1n) is 14.5. The van der Waals surface area contributed by atoms with Crippen LogP contribution in [0.2, 0.25) is 10.0 Å². The van der Waals surface area contributed by atoms with Gasteiger partial charge in [-0.05, 0) is 85.8 Å². The number of ether oxygens (including phenoxy) is 1. The molecule has 0 aromatic heterocycles. The van der Waals surface area contributed by atoms with Crippen LogP contribution in [0.5, 0.6) is 11.5 Å². The summed E-state index contributed by atoms with van der Waals surface area (Å²) in [7, 11) is 1.41. The van der Waals surface area contributed by atoms with Gasteiger partial charge in [0.05, 0.1) is 46.7 Å². The summed E-state index contributed by atoms with van der Waals surface area (Å²) in [6.07, 6.45) is 2.36. The topological polar surface area (TPSA) is 104 Å². The van der Waals surface area contributed by atoms with Crippen molar-refractivity contribution in [1.82, 2.24) is 0 Å². The summed E-state index contributed by atoms with van der Waals surface area (Å²) >= 11 is 12.1. The number of anilines is 2. The van der Waals surface area contributed by atoms with Gasteiger partial charge in [0.2, 0.25) is 23.6 Å². The lowest BCUT2D eigenvalue weighted by Crippen LogP contribution is -2.48. The monoisotopic (exact) mass is 648 g/mol. The van der Waals surface area contributed by atoms with Crippen LogP contribution < -0.4 is 14.5 Å². The maximum atomic E-state index is 14.5. The zero-order valence-corrected chi connectivity index (χ0v) is 25.7. The molecule has 1 N–H and O–H groups in total. The Morgan fingerprint density at radius 1 is 0.889 bits per heavy atom. The summed E-state index contributed by atoms with van der Waals surface area (Å²) in [5.41, 5.74) is 0.624. The number of aromatic hydroxyl groups is 1. The molecule has 11 heteroatoms. The van der Waals surface area contributed by atoms with Crippen LogP contribution in [0.15, 0.2) is 72.3 Å². The second-order valence-electron chi connectivity index (χ2n) is 12.2. The van der Waals surface area contributed by atoms with Crippen molar-refractivity contribution in [3.63, 3.8) is 0 Å². The van der Waals surface area contributed by atoms with Gasteiger partial charge in [0.15, 0.2) is 11.5 Å². The maximum Gasteiger partial charge on any atom is 0.241 e. The van der Waals surface area contributed by atoms with Crippen molar-refractivity contribution in [3.8, 4) is 11.5 Å². The lowest BCUT2D eigenvalue weighted by atomic mass is 9.51. The minimum Gasteiger partial charge on any atom is -0.504 e. The van der Waals surface area contributed by atoms with E-state index in [4.69, 9.17) is 27.9 Å². The van der Waals surface area contributed by atoms with E-state index in [2.05, 4.69) is 0 Å². The summed E-state index contributed by atoms with van der Waals surface area (Å²) in [4.78, 5) is 58.8. The predicted molar refractivity (Wildman–Crippen MR) is 165 cm³/mol. The van der Waals surface area contributed by atoms with Crippen molar-refractivity contribution in [1.29, 1.82) is 0 Å². The second-order valence-corrected chi connectivity index (χ2v) is 13.0. The highest BCUT2D eigenvalue weighted by molar-refractivity contribution is 6.32. The Hall–Kier alpha value is -4.21. The molecule has 0 bridgehead atoms. The number of hydrogen-bond acceptors (Lipinski definition) is 6. The SMILES string of the molecule is COc1cc(C2C3=CCC4C(=O)N(c5ccc(Cl)cc5)C(=O)C4C3CC3C(=O)N(c4ccc(F)c(Cl)c4)C(=O)C32C)ccc1O. The van der Waals surface area contributed by atoms with Crippen LogP contribution >= 0.6 is 23.2 Å². The lowest BCUT2D eigenvalue weighted by molar-refractivity contribution is -0.131. The van der Waals surface area contributed by atoms with Crippen molar-refractivity contribution in [3.05, 3.63) is 93.7 Å². The average Bonchev–Trinajstić information content (AvgIpc) is 3.39. The molecule has 230 valence electrons. The Balaban J connectivity index is 1.37. The Bertz CT molecular complexity index is 1840. The van der Waals surface area contributed by atoms with E-state index in [1.54, 1.807) is 43.3 Å². The number of methoxy groups -OCH3 is 1. The molecule has 45 heavy (non-hydrogen) atoms. The molecule has 6 unspecified atom stereocenters. The Morgan fingerprint density at radius 2 is 1.60 bits per heavy atom. The van der Waals surface area contributed by atoms with Gasteiger partial charge in [-0.25, -0.2) is 9.29 Å². The van der Waals surface area contributed by atoms with Gasteiger partial charge in [0.1, 0.15) is 5.82 Å². The molecule has 0 radical (unpaired) electrons. The number of amides is 4. The number of phenols is 1. The molecular formula is C34H27Cl2FN2O6. The second kappa shape index (κ2) is 10.4. The first-order valence-corrected chi connectivity index (χ1v) is 15.3. The van der Waals surface area contributed by atoms with E-state index in [0.717, 1.165) is 16.5 Å². The van der Waals surface area contributed by atoms with Crippen LogP contribution in [-0.2, 0) is 19.2 Å². The van der Waals surface area contributed by atoms with Crippen molar-refractivity contribution >= 4 is 58.2 Å². The Labute approximate surface area is 268 Å². The van der Waals surface area contributed by atoms with Crippen LogP contribution in [0.1, 0.15) is 31.2 Å². The summed E-state index contributed by atoms with van der Waals surface area (Å²) in [6, 6.07) is 14.9.